The molecule has 0 radical (unpaired) electrons. The standard InChI is InChI=1S/C13H19F/c1-11(8-9-14)12(2)10-13-6-4-3-5-7-13/h3-7,11-12H,8-10H2,1-2H3. The van der Waals surface area contributed by atoms with Crippen molar-refractivity contribution >= 4 is 0 Å². The molecule has 0 saturated heterocycles. The molecule has 0 aliphatic rings. The van der Waals surface area contributed by atoms with Crippen LogP contribution in [0.1, 0.15) is 25.8 Å². The summed E-state index contributed by atoms with van der Waals surface area (Å²) in [4.78, 5) is 0. The highest BCUT2D eigenvalue weighted by Gasteiger charge is 2.12. The molecule has 1 heteroatoms. The molecule has 14 heavy (non-hydrogen) atoms. The first-order chi connectivity index (χ1) is 6.74. The van der Waals surface area contributed by atoms with Crippen molar-refractivity contribution in [2.45, 2.75) is 26.7 Å². The quantitative estimate of drug-likeness (QED) is 0.667. The minimum Gasteiger partial charge on any atom is -0.251 e. The van der Waals surface area contributed by atoms with Gasteiger partial charge in [-0.2, -0.15) is 0 Å². The van der Waals surface area contributed by atoms with Gasteiger partial charge in [0.1, 0.15) is 0 Å². The molecule has 0 nitrogen and oxygen atoms in total. The number of benzene rings is 1. The monoisotopic (exact) mass is 194 g/mol. The fourth-order valence-electron chi connectivity index (χ4n) is 1.64. The van der Waals surface area contributed by atoms with E-state index in [0.717, 1.165) is 6.42 Å². The van der Waals surface area contributed by atoms with E-state index in [-0.39, 0.29) is 6.67 Å². The highest BCUT2D eigenvalue weighted by atomic mass is 19.1. The van der Waals surface area contributed by atoms with Crippen LogP contribution in [0.3, 0.4) is 0 Å². The van der Waals surface area contributed by atoms with Gasteiger partial charge >= 0.3 is 0 Å². The lowest BCUT2D eigenvalue weighted by molar-refractivity contribution is 0.319. The van der Waals surface area contributed by atoms with Crippen LogP contribution in [0.15, 0.2) is 30.3 Å². The minimum atomic E-state index is -0.194. The van der Waals surface area contributed by atoms with Crippen LogP contribution in [0.25, 0.3) is 0 Å². The average molecular weight is 194 g/mol. The summed E-state index contributed by atoms with van der Waals surface area (Å²) in [6.07, 6.45) is 1.75. The summed E-state index contributed by atoms with van der Waals surface area (Å²) in [6, 6.07) is 10.4. The molecule has 2 atom stereocenters. The Morgan fingerprint density at radius 3 is 2.29 bits per heavy atom. The molecule has 0 N–H and O–H groups in total. The van der Waals surface area contributed by atoms with Gasteiger partial charge in [0.25, 0.3) is 0 Å². The first kappa shape index (κ1) is 11.2. The summed E-state index contributed by atoms with van der Waals surface area (Å²) in [7, 11) is 0. The smallest absolute Gasteiger partial charge is 0.0897 e. The third-order valence-electron chi connectivity index (χ3n) is 2.94. The highest BCUT2D eigenvalue weighted by Crippen LogP contribution is 2.19. The molecule has 0 heterocycles. The van der Waals surface area contributed by atoms with Gasteiger partial charge in [0.2, 0.25) is 0 Å². The van der Waals surface area contributed by atoms with Crippen LogP contribution in [0, 0.1) is 11.8 Å². The molecule has 78 valence electrons. The number of rotatable bonds is 5. The summed E-state index contributed by atoms with van der Waals surface area (Å²) in [5, 5.41) is 0. The molecule has 0 saturated carbocycles. The summed E-state index contributed by atoms with van der Waals surface area (Å²) in [5.74, 6) is 1.04. The fourth-order valence-corrected chi connectivity index (χ4v) is 1.64. The van der Waals surface area contributed by atoms with E-state index in [0.29, 0.717) is 18.3 Å². The van der Waals surface area contributed by atoms with Crippen LogP contribution in [0.5, 0.6) is 0 Å². The Morgan fingerprint density at radius 2 is 1.71 bits per heavy atom. The maximum Gasteiger partial charge on any atom is 0.0897 e. The van der Waals surface area contributed by atoms with Crippen LogP contribution in [-0.4, -0.2) is 6.67 Å². The summed E-state index contributed by atoms with van der Waals surface area (Å²) < 4.78 is 12.1. The number of hydrogen-bond donors (Lipinski definition) is 0. The Morgan fingerprint density at radius 1 is 1.07 bits per heavy atom. The molecule has 0 amide bonds. The number of alkyl halides is 1. The lowest BCUT2D eigenvalue weighted by Gasteiger charge is -2.18. The fraction of sp³-hybridized carbons (Fsp3) is 0.538. The first-order valence-electron chi connectivity index (χ1n) is 5.34. The Bertz CT molecular complexity index is 243. The van der Waals surface area contributed by atoms with E-state index in [1.165, 1.54) is 5.56 Å². The molecule has 0 fully saturated rings. The average Bonchev–Trinajstić information content (AvgIpc) is 2.19. The Balaban J connectivity index is 2.44. The predicted octanol–water partition coefficient (Wildman–Crippen LogP) is 3.86. The second kappa shape index (κ2) is 5.79. The summed E-state index contributed by atoms with van der Waals surface area (Å²) in [6.45, 7) is 4.14. The zero-order valence-electron chi connectivity index (χ0n) is 9.04. The van der Waals surface area contributed by atoms with Gasteiger partial charge in [-0.15, -0.1) is 0 Å². The van der Waals surface area contributed by atoms with Crippen molar-refractivity contribution in [2.24, 2.45) is 11.8 Å². The zero-order valence-corrected chi connectivity index (χ0v) is 9.04. The molecule has 0 aliphatic heterocycles. The van der Waals surface area contributed by atoms with Crippen LogP contribution in [0.2, 0.25) is 0 Å². The van der Waals surface area contributed by atoms with Crippen molar-refractivity contribution in [3.05, 3.63) is 35.9 Å². The SMILES string of the molecule is CC(CCF)C(C)Cc1ccccc1. The summed E-state index contributed by atoms with van der Waals surface area (Å²) in [5.41, 5.74) is 1.35. The summed E-state index contributed by atoms with van der Waals surface area (Å²) >= 11 is 0. The van der Waals surface area contributed by atoms with Crippen LogP contribution in [-0.2, 0) is 6.42 Å². The molecule has 1 aromatic carbocycles. The van der Waals surface area contributed by atoms with Crippen molar-refractivity contribution in [1.29, 1.82) is 0 Å². The van der Waals surface area contributed by atoms with E-state index in [1.54, 1.807) is 0 Å². The van der Waals surface area contributed by atoms with Crippen LogP contribution in [0.4, 0.5) is 4.39 Å². The minimum absolute atomic E-state index is 0.194. The molecule has 1 aromatic rings. The van der Waals surface area contributed by atoms with Gasteiger partial charge in [0, 0.05) is 0 Å². The Kier molecular flexibility index (Phi) is 4.64. The van der Waals surface area contributed by atoms with Crippen molar-refractivity contribution < 1.29 is 4.39 Å². The van der Waals surface area contributed by atoms with Crippen molar-refractivity contribution in [3.63, 3.8) is 0 Å². The van der Waals surface area contributed by atoms with E-state index in [9.17, 15) is 4.39 Å². The Labute approximate surface area is 86.2 Å². The van der Waals surface area contributed by atoms with Gasteiger partial charge < -0.3 is 0 Å². The van der Waals surface area contributed by atoms with Gasteiger partial charge in [-0.25, -0.2) is 0 Å². The lowest BCUT2D eigenvalue weighted by atomic mass is 9.88. The highest BCUT2D eigenvalue weighted by molar-refractivity contribution is 5.15. The molecule has 0 bridgehead atoms. The number of hydrogen-bond acceptors (Lipinski definition) is 0. The maximum absolute atomic E-state index is 12.1. The van der Waals surface area contributed by atoms with Gasteiger partial charge in [-0.1, -0.05) is 44.2 Å². The normalized spacial score (nSPS) is 15.1. The third kappa shape index (κ3) is 3.49. The lowest BCUT2D eigenvalue weighted by Crippen LogP contribution is -2.11. The van der Waals surface area contributed by atoms with Crippen LogP contribution >= 0.6 is 0 Å². The molecule has 1 rings (SSSR count). The zero-order chi connectivity index (χ0) is 10.4. The van der Waals surface area contributed by atoms with Crippen molar-refractivity contribution in [2.75, 3.05) is 6.67 Å². The molecule has 2 unspecified atom stereocenters. The second-order valence-electron chi connectivity index (χ2n) is 4.12. The maximum atomic E-state index is 12.1. The Hall–Kier alpha value is -0.850. The first-order valence-corrected chi connectivity index (χ1v) is 5.34. The van der Waals surface area contributed by atoms with Gasteiger partial charge in [-0.05, 0) is 30.2 Å². The van der Waals surface area contributed by atoms with Gasteiger partial charge in [0.15, 0.2) is 0 Å². The van der Waals surface area contributed by atoms with E-state index in [1.807, 2.05) is 6.07 Å². The van der Waals surface area contributed by atoms with E-state index in [4.69, 9.17) is 0 Å². The van der Waals surface area contributed by atoms with Gasteiger partial charge in [0.05, 0.1) is 6.67 Å². The van der Waals surface area contributed by atoms with Gasteiger partial charge in [-0.3, -0.25) is 4.39 Å². The molecular weight excluding hydrogens is 175 g/mol. The molecule has 0 spiro atoms. The predicted molar refractivity (Wildman–Crippen MR) is 59.1 cm³/mol. The number of halogens is 1. The largest absolute Gasteiger partial charge is 0.251 e. The van der Waals surface area contributed by atoms with E-state index in [2.05, 4.69) is 38.1 Å². The molecular formula is C13H19F. The van der Waals surface area contributed by atoms with Crippen LogP contribution < -0.4 is 0 Å². The van der Waals surface area contributed by atoms with Crippen molar-refractivity contribution in [1.82, 2.24) is 0 Å². The molecule has 0 aromatic heterocycles. The molecule has 0 aliphatic carbocycles. The second-order valence-corrected chi connectivity index (χ2v) is 4.12. The topological polar surface area (TPSA) is 0 Å². The third-order valence-corrected chi connectivity index (χ3v) is 2.94. The van der Waals surface area contributed by atoms with E-state index < -0.39 is 0 Å². The van der Waals surface area contributed by atoms with Crippen molar-refractivity contribution in [3.8, 4) is 0 Å². The van der Waals surface area contributed by atoms with E-state index >= 15 is 0 Å².